The fourth-order valence-electron chi connectivity index (χ4n) is 2.45. The van der Waals surface area contributed by atoms with Gasteiger partial charge in [0.05, 0.1) is 12.6 Å². The molecule has 1 N–H and O–H groups in total. The van der Waals surface area contributed by atoms with Crippen LogP contribution >= 0.6 is 0 Å². The predicted molar refractivity (Wildman–Crippen MR) is 103 cm³/mol. The summed E-state index contributed by atoms with van der Waals surface area (Å²) in [6.07, 6.45) is 4.92. The number of rotatable bonds is 6. The number of amides is 1. The van der Waals surface area contributed by atoms with Gasteiger partial charge in [-0.25, -0.2) is 4.79 Å². The van der Waals surface area contributed by atoms with Gasteiger partial charge in [-0.1, -0.05) is 24.3 Å². The molecule has 0 fully saturated rings. The van der Waals surface area contributed by atoms with E-state index in [9.17, 15) is 9.59 Å². The maximum Gasteiger partial charge on any atom is 0.343 e. The lowest BCUT2D eigenvalue weighted by Gasteiger charge is -2.06. The van der Waals surface area contributed by atoms with Crippen molar-refractivity contribution in [3.63, 3.8) is 0 Å². The minimum atomic E-state index is -0.458. The van der Waals surface area contributed by atoms with Crippen molar-refractivity contribution in [2.75, 3.05) is 19.0 Å². The van der Waals surface area contributed by atoms with Crippen molar-refractivity contribution < 1.29 is 19.1 Å². The second kappa shape index (κ2) is 8.62. The number of esters is 1. The first-order valence-electron chi connectivity index (χ1n) is 8.28. The van der Waals surface area contributed by atoms with Crippen molar-refractivity contribution in [2.24, 2.45) is 0 Å². The summed E-state index contributed by atoms with van der Waals surface area (Å²) in [5, 5.41) is 3.79. The van der Waals surface area contributed by atoms with Crippen LogP contribution in [0.1, 0.15) is 5.56 Å². The second-order valence-electron chi connectivity index (χ2n) is 5.63. The Kier molecular flexibility index (Phi) is 5.79. The number of benzene rings is 2. The minimum Gasteiger partial charge on any atom is -0.482 e. The van der Waals surface area contributed by atoms with E-state index in [1.807, 2.05) is 30.3 Å². The highest BCUT2D eigenvalue weighted by Gasteiger charge is 2.03. The quantitative estimate of drug-likeness (QED) is 0.537. The molecule has 0 saturated heterocycles. The minimum absolute atomic E-state index is 0.163. The zero-order chi connectivity index (χ0) is 19.1. The molecule has 0 aliphatic rings. The van der Waals surface area contributed by atoms with Gasteiger partial charge in [-0.15, -0.1) is 0 Å². The number of carbonyl (C=O) groups is 2. The van der Waals surface area contributed by atoms with Crippen LogP contribution in [0, 0.1) is 0 Å². The monoisotopic (exact) mass is 362 g/mol. The molecular weight excluding hydrogens is 344 g/mol. The number of hydrogen-bond donors (Lipinski definition) is 1. The van der Waals surface area contributed by atoms with Crippen LogP contribution in [0.5, 0.6) is 5.75 Å². The largest absolute Gasteiger partial charge is 0.482 e. The van der Waals surface area contributed by atoms with Crippen LogP contribution in [0.2, 0.25) is 0 Å². The number of methoxy groups -OCH3 is 1. The van der Waals surface area contributed by atoms with Gasteiger partial charge < -0.3 is 14.8 Å². The topological polar surface area (TPSA) is 77.5 Å². The first kappa shape index (κ1) is 18.1. The Labute approximate surface area is 156 Å². The molecule has 6 heteroatoms. The fourth-order valence-corrected chi connectivity index (χ4v) is 2.45. The Hall–Kier alpha value is -3.67. The normalized spacial score (nSPS) is 10.7. The zero-order valence-electron chi connectivity index (χ0n) is 14.7. The highest BCUT2D eigenvalue weighted by molar-refractivity contribution is 6.03. The maximum absolute atomic E-state index is 12.1. The number of pyridine rings is 1. The molecule has 2 aromatic carbocycles. The number of anilines is 1. The average molecular weight is 362 g/mol. The van der Waals surface area contributed by atoms with Gasteiger partial charge in [-0.2, -0.15) is 0 Å². The lowest BCUT2D eigenvalue weighted by atomic mass is 10.1. The summed E-state index contributed by atoms with van der Waals surface area (Å²) in [5.41, 5.74) is 2.33. The van der Waals surface area contributed by atoms with Crippen molar-refractivity contribution in [3.8, 4) is 5.75 Å². The number of aromatic nitrogens is 1. The molecular formula is C21H18N2O4. The second-order valence-corrected chi connectivity index (χ2v) is 5.63. The third kappa shape index (κ3) is 4.92. The molecule has 0 aliphatic heterocycles. The number of nitrogens with zero attached hydrogens (tertiary/aromatic N) is 1. The van der Waals surface area contributed by atoms with E-state index in [1.165, 1.54) is 13.2 Å². The van der Waals surface area contributed by atoms with Crippen molar-refractivity contribution >= 4 is 34.5 Å². The number of nitrogens with one attached hydrogen (secondary N) is 1. The molecule has 3 aromatic rings. The van der Waals surface area contributed by atoms with Gasteiger partial charge in [0.25, 0.3) is 0 Å². The Balaban J connectivity index is 1.62. The maximum atomic E-state index is 12.1. The fraction of sp³-hybridized carbons (Fsp3) is 0.0952. The van der Waals surface area contributed by atoms with Crippen LogP contribution in [-0.4, -0.2) is 30.6 Å². The first-order valence-corrected chi connectivity index (χ1v) is 8.28. The van der Waals surface area contributed by atoms with E-state index in [0.717, 1.165) is 16.5 Å². The molecule has 0 radical (unpaired) electrons. The van der Waals surface area contributed by atoms with Crippen LogP contribution in [0.15, 0.2) is 66.9 Å². The average Bonchev–Trinajstić information content (AvgIpc) is 2.71. The van der Waals surface area contributed by atoms with Gasteiger partial charge in [0, 0.05) is 28.9 Å². The molecule has 1 aromatic heterocycles. The first-order chi connectivity index (χ1) is 13.2. The summed E-state index contributed by atoms with van der Waals surface area (Å²) in [6, 6.07) is 16.4. The van der Waals surface area contributed by atoms with Crippen molar-refractivity contribution in [3.05, 3.63) is 72.4 Å². The third-order valence-corrected chi connectivity index (χ3v) is 3.78. The molecule has 0 saturated carbocycles. The molecule has 0 spiro atoms. The van der Waals surface area contributed by atoms with Crippen LogP contribution in [0.3, 0.4) is 0 Å². The lowest BCUT2D eigenvalue weighted by Crippen LogP contribution is -2.12. The molecule has 3 rings (SSSR count). The molecule has 1 heterocycles. The summed E-state index contributed by atoms with van der Waals surface area (Å²) in [7, 11) is 1.30. The SMILES string of the molecule is COC(=O)COc1ccc(NC(=O)C=Cc2cccc3cccnc23)cc1. The standard InChI is InChI=1S/C21H18N2O4/c1-26-20(25)14-27-18-10-8-17(9-11-18)23-19(24)12-7-16-5-2-4-15-6-3-13-22-21(15)16/h2-13H,14H2,1H3,(H,23,24). The Morgan fingerprint density at radius 3 is 2.63 bits per heavy atom. The van der Waals surface area contributed by atoms with Crippen LogP contribution in [0.4, 0.5) is 5.69 Å². The Morgan fingerprint density at radius 2 is 1.85 bits per heavy atom. The summed E-state index contributed by atoms with van der Waals surface area (Å²) in [5.74, 6) is -0.206. The van der Waals surface area contributed by atoms with E-state index in [4.69, 9.17) is 4.74 Å². The van der Waals surface area contributed by atoms with Gasteiger partial charge in [0.15, 0.2) is 6.61 Å². The van der Waals surface area contributed by atoms with Gasteiger partial charge in [-0.3, -0.25) is 9.78 Å². The van der Waals surface area contributed by atoms with Crippen LogP contribution in [-0.2, 0) is 14.3 Å². The van der Waals surface area contributed by atoms with E-state index in [1.54, 1.807) is 36.5 Å². The number of carbonyl (C=O) groups excluding carboxylic acids is 2. The van der Waals surface area contributed by atoms with E-state index < -0.39 is 5.97 Å². The van der Waals surface area contributed by atoms with Crippen molar-refractivity contribution in [1.82, 2.24) is 4.98 Å². The molecule has 0 unspecified atom stereocenters. The molecule has 27 heavy (non-hydrogen) atoms. The van der Waals surface area contributed by atoms with E-state index in [-0.39, 0.29) is 12.5 Å². The summed E-state index contributed by atoms with van der Waals surface area (Å²) >= 11 is 0. The highest BCUT2D eigenvalue weighted by atomic mass is 16.6. The molecule has 1 amide bonds. The molecule has 6 nitrogen and oxygen atoms in total. The number of para-hydroxylation sites is 1. The third-order valence-electron chi connectivity index (χ3n) is 3.78. The number of ether oxygens (including phenoxy) is 2. The van der Waals surface area contributed by atoms with E-state index in [2.05, 4.69) is 15.0 Å². The summed E-state index contributed by atoms with van der Waals surface area (Å²) < 4.78 is 9.76. The van der Waals surface area contributed by atoms with E-state index >= 15 is 0 Å². The summed E-state index contributed by atoms with van der Waals surface area (Å²) in [6.45, 7) is -0.163. The van der Waals surface area contributed by atoms with Crippen LogP contribution in [0.25, 0.3) is 17.0 Å². The molecule has 136 valence electrons. The molecule has 0 atom stereocenters. The predicted octanol–water partition coefficient (Wildman–Crippen LogP) is 3.44. The Morgan fingerprint density at radius 1 is 1.07 bits per heavy atom. The molecule has 0 bridgehead atoms. The Bertz CT molecular complexity index is 976. The molecule has 0 aliphatic carbocycles. The van der Waals surface area contributed by atoms with E-state index in [0.29, 0.717) is 11.4 Å². The van der Waals surface area contributed by atoms with Gasteiger partial charge in [0.1, 0.15) is 5.75 Å². The smallest absolute Gasteiger partial charge is 0.343 e. The van der Waals surface area contributed by atoms with Gasteiger partial charge in [-0.05, 0) is 36.4 Å². The van der Waals surface area contributed by atoms with Crippen LogP contribution < -0.4 is 10.1 Å². The lowest BCUT2D eigenvalue weighted by molar-refractivity contribution is -0.142. The van der Waals surface area contributed by atoms with Gasteiger partial charge in [0.2, 0.25) is 5.91 Å². The number of hydrogen-bond acceptors (Lipinski definition) is 5. The number of fused-ring (bicyclic) bond motifs is 1. The zero-order valence-corrected chi connectivity index (χ0v) is 14.7. The van der Waals surface area contributed by atoms with Crippen molar-refractivity contribution in [2.45, 2.75) is 0 Å². The van der Waals surface area contributed by atoms with Gasteiger partial charge >= 0.3 is 5.97 Å². The summed E-state index contributed by atoms with van der Waals surface area (Å²) in [4.78, 5) is 27.6. The highest BCUT2D eigenvalue weighted by Crippen LogP contribution is 2.18. The van der Waals surface area contributed by atoms with Crippen molar-refractivity contribution in [1.29, 1.82) is 0 Å².